The minimum atomic E-state index is 0.782. The van der Waals surface area contributed by atoms with E-state index in [-0.39, 0.29) is 0 Å². The maximum atomic E-state index is 4.90. The lowest BCUT2D eigenvalue weighted by molar-refractivity contribution is 0.346. The lowest BCUT2D eigenvalue weighted by Crippen LogP contribution is -2.43. The normalized spacial score (nSPS) is 22.6. The highest BCUT2D eigenvalue weighted by Gasteiger charge is 2.24. The van der Waals surface area contributed by atoms with Crippen LogP contribution in [0.15, 0.2) is 0 Å². The van der Waals surface area contributed by atoms with Gasteiger partial charge in [-0.2, -0.15) is 0 Å². The molecule has 0 bridgehead atoms. The van der Waals surface area contributed by atoms with Gasteiger partial charge in [-0.1, -0.05) is 12.8 Å². The van der Waals surface area contributed by atoms with Crippen LogP contribution in [0.1, 0.15) is 47.2 Å². The number of hydrogen-bond acceptors (Lipinski definition) is 3. The summed E-state index contributed by atoms with van der Waals surface area (Å²) in [4.78, 5) is 6.39. The first-order valence-electron chi connectivity index (χ1n) is 6.50. The maximum absolute atomic E-state index is 4.90. The molecule has 1 aliphatic heterocycles. The quantitative estimate of drug-likeness (QED) is 0.873. The van der Waals surface area contributed by atoms with Gasteiger partial charge in [-0.3, -0.25) is 0 Å². The molecular formula is C13H20N2S. The molecule has 0 aromatic carbocycles. The summed E-state index contributed by atoms with van der Waals surface area (Å²) in [5.41, 5.74) is 1.43. The monoisotopic (exact) mass is 236 g/mol. The molecule has 1 aromatic heterocycles. The molecule has 0 amide bonds. The van der Waals surface area contributed by atoms with Crippen LogP contribution < -0.4 is 5.32 Å². The third-order valence-corrected chi connectivity index (χ3v) is 4.96. The standard InChI is InChI=1S/C13H20N2S/c1-9-13(11-4-2-3-5-11)15-12(16-9)6-10-7-14-8-10/h10-11,14H,2-8H2,1H3. The fourth-order valence-electron chi connectivity index (χ4n) is 2.87. The second-order valence-electron chi connectivity index (χ2n) is 5.26. The van der Waals surface area contributed by atoms with Crippen molar-refractivity contribution in [1.29, 1.82) is 0 Å². The zero-order chi connectivity index (χ0) is 11.0. The summed E-state index contributed by atoms with van der Waals surface area (Å²) in [5, 5.41) is 4.72. The van der Waals surface area contributed by atoms with Gasteiger partial charge in [-0.05, 0) is 38.8 Å². The van der Waals surface area contributed by atoms with E-state index in [0.29, 0.717) is 0 Å². The molecule has 1 saturated heterocycles. The number of nitrogens with one attached hydrogen (secondary N) is 1. The lowest BCUT2D eigenvalue weighted by Gasteiger charge is -2.25. The molecular weight excluding hydrogens is 216 g/mol. The van der Waals surface area contributed by atoms with E-state index >= 15 is 0 Å². The highest BCUT2D eigenvalue weighted by Crippen LogP contribution is 2.37. The van der Waals surface area contributed by atoms with Gasteiger partial charge < -0.3 is 5.32 Å². The summed E-state index contributed by atoms with van der Waals surface area (Å²) in [7, 11) is 0. The molecule has 1 aromatic rings. The Labute approximate surface area is 101 Å². The molecule has 16 heavy (non-hydrogen) atoms. The minimum absolute atomic E-state index is 0.782. The van der Waals surface area contributed by atoms with E-state index < -0.39 is 0 Å². The van der Waals surface area contributed by atoms with E-state index in [0.717, 1.165) is 11.8 Å². The van der Waals surface area contributed by atoms with Crippen molar-refractivity contribution < 1.29 is 0 Å². The van der Waals surface area contributed by atoms with Crippen molar-refractivity contribution in [3.05, 3.63) is 15.6 Å². The number of aromatic nitrogens is 1. The van der Waals surface area contributed by atoms with Gasteiger partial charge in [0, 0.05) is 17.2 Å². The van der Waals surface area contributed by atoms with E-state index in [1.54, 1.807) is 0 Å². The Bertz CT molecular complexity index is 362. The van der Waals surface area contributed by atoms with Crippen molar-refractivity contribution in [2.24, 2.45) is 5.92 Å². The highest BCUT2D eigenvalue weighted by atomic mass is 32.1. The van der Waals surface area contributed by atoms with E-state index in [1.807, 2.05) is 11.3 Å². The minimum Gasteiger partial charge on any atom is -0.316 e. The summed E-state index contributed by atoms with van der Waals surface area (Å²) in [5.74, 6) is 1.63. The van der Waals surface area contributed by atoms with Crippen LogP contribution in [0.5, 0.6) is 0 Å². The van der Waals surface area contributed by atoms with Gasteiger partial charge in [0.05, 0.1) is 10.7 Å². The molecule has 1 N–H and O–H groups in total. The zero-order valence-electron chi connectivity index (χ0n) is 9.96. The SMILES string of the molecule is Cc1sc(CC2CNC2)nc1C1CCCC1. The molecule has 2 aliphatic rings. The highest BCUT2D eigenvalue weighted by molar-refractivity contribution is 7.11. The maximum Gasteiger partial charge on any atom is 0.0934 e. The van der Waals surface area contributed by atoms with Gasteiger partial charge in [0.2, 0.25) is 0 Å². The summed E-state index contributed by atoms with van der Waals surface area (Å²) < 4.78 is 0. The third kappa shape index (κ3) is 2.03. The van der Waals surface area contributed by atoms with Crippen LogP contribution in [0.3, 0.4) is 0 Å². The second-order valence-corrected chi connectivity index (χ2v) is 6.55. The zero-order valence-corrected chi connectivity index (χ0v) is 10.8. The predicted molar refractivity (Wildman–Crippen MR) is 68.1 cm³/mol. The molecule has 3 heteroatoms. The average Bonchev–Trinajstić information content (AvgIpc) is 2.80. The van der Waals surface area contributed by atoms with E-state index in [4.69, 9.17) is 4.98 Å². The summed E-state index contributed by atoms with van der Waals surface area (Å²) in [6.45, 7) is 4.64. The Balaban J connectivity index is 1.72. The van der Waals surface area contributed by atoms with Gasteiger partial charge in [0.15, 0.2) is 0 Å². The number of hydrogen-bond donors (Lipinski definition) is 1. The Morgan fingerprint density at radius 1 is 1.31 bits per heavy atom. The topological polar surface area (TPSA) is 24.9 Å². The fourth-order valence-corrected chi connectivity index (χ4v) is 4.00. The molecule has 0 atom stereocenters. The molecule has 2 heterocycles. The van der Waals surface area contributed by atoms with Crippen LogP contribution in [0, 0.1) is 12.8 Å². The van der Waals surface area contributed by atoms with Crippen molar-refractivity contribution in [3.63, 3.8) is 0 Å². The molecule has 0 unspecified atom stereocenters. The van der Waals surface area contributed by atoms with Crippen molar-refractivity contribution in [3.8, 4) is 0 Å². The van der Waals surface area contributed by atoms with Gasteiger partial charge in [-0.15, -0.1) is 11.3 Å². The fraction of sp³-hybridized carbons (Fsp3) is 0.769. The van der Waals surface area contributed by atoms with Crippen LogP contribution in [0.2, 0.25) is 0 Å². The van der Waals surface area contributed by atoms with Gasteiger partial charge >= 0.3 is 0 Å². The lowest BCUT2D eigenvalue weighted by atomic mass is 10.00. The molecule has 0 spiro atoms. The van der Waals surface area contributed by atoms with Crippen molar-refractivity contribution >= 4 is 11.3 Å². The first-order chi connectivity index (χ1) is 7.83. The van der Waals surface area contributed by atoms with E-state index in [2.05, 4.69) is 12.2 Å². The first kappa shape index (κ1) is 10.7. The first-order valence-corrected chi connectivity index (χ1v) is 7.31. The summed E-state index contributed by atoms with van der Waals surface area (Å²) >= 11 is 1.94. The van der Waals surface area contributed by atoms with Crippen LogP contribution in [0.25, 0.3) is 0 Å². The van der Waals surface area contributed by atoms with Crippen molar-refractivity contribution in [2.75, 3.05) is 13.1 Å². The molecule has 0 radical (unpaired) electrons. The molecule has 1 aliphatic carbocycles. The largest absolute Gasteiger partial charge is 0.316 e. The number of nitrogens with zero attached hydrogens (tertiary/aromatic N) is 1. The predicted octanol–water partition coefficient (Wildman–Crippen LogP) is 2.87. The number of rotatable bonds is 3. The molecule has 3 rings (SSSR count). The van der Waals surface area contributed by atoms with Crippen LogP contribution in [-0.2, 0) is 6.42 Å². The Kier molecular flexibility index (Phi) is 2.99. The number of thiazole rings is 1. The Hall–Kier alpha value is -0.410. The van der Waals surface area contributed by atoms with Crippen molar-refractivity contribution in [1.82, 2.24) is 10.3 Å². The smallest absolute Gasteiger partial charge is 0.0934 e. The van der Waals surface area contributed by atoms with E-state index in [9.17, 15) is 0 Å². The van der Waals surface area contributed by atoms with Crippen LogP contribution in [-0.4, -0.2) is 18.1 Å². The van der Waals surface area contributed by atoms with Gasteiger partial charge in [0.1, 0.15) is 0 Å². The van der Waals surface area contributed by atoms with E-state index in [1.165, 1.54) is 60.8 Å². The van der Waals surface area contributed by atoms with Crippen LogP contribution in [0.4, 0.5) is 0 Å². The second kappa shape index (κ2) is 4.46. The van der Waals surface area contributed by atoms with Gasteiger partial charge in [0.25, 0.3) is 0 Å². The Morgan fingerprint density at radius 3 is 2.69 bits per heavy atom. The van der Waals surface area contributed by atoms with Crippen molar-refractivity contribution in [2.45, 2.75) is 44.9 Å². The molecule has 1 saturated carbocycles. The summed E-state index contributed by atoms with van der Waals surface area (Å²) in [6, 6.07) is 0. The van der Waals surface area contributed by atoms with Gasteiger partial charge in [-0.25, -0.2) is 4.98 Å². The molecule has 88 valence electrons. The Morgan fingerprint density at radius 2 is 2.06 bits per heavy atom. The molecule has 2 nitrogen and oxygen atoms in total. The third-order valence-electron chi connectivity index (χ3n) is 3.95. The average molecular weight is 236 g/mol. The summed E-state index contributed by atoms with van der Waals surface area (Å²) in [6.07, 6.45) is 6.75. The number of aryl methyl sites for hydroxylation is 1. The van der Waals surface area contributed by atoms with Crippen LogP contribution >= 0.6 is 11.3 Å². The molecule has 2 fully saturated rings.